The lowest BCUT2D eigenvalue weighted by molar-refractivity contribution is -0.137. The second-order valence-corrected chi connectivity index (χ2v) is 6.31. The molecule has 0 amide bonds. The third kappa shape index (κ3) is 4.08. The Hall–Kier alpha value is -1.77. The van der Waals surface area contributed by atoms with E-state index in [0.717, 1.165) is 12.1 Å². The summed E-state index contributed by atoms with van der Waals surface area (Å²) in [6.07, 6.45) is -4.84. The molecule has 2 aromatic rings. The highest BCUT2D eigenvalue weighted by Crippen LogP contribution is 2.44. The molecule has 1 heterocycles. The van der Waals surface area contributed by atoms with E-state index in [2.05, 4.69) is 5.10 Å². The highest BCUT2D eigenvalue weighted by molar-refractivity contribution is 8.00. The molecule has 13 heteroatoms. The summed E-state index contributed by atoms with van der Waals surface area (Å²) in [6, 6.07) is 3.00. The van der Waals surface area contributed by atoms with Crippen molar-refractivity contribution in [2.24, 2.45) is 0 Å². The molecule has 2 N–H and O–H groups in total. The monoisotopic (exact) mass is 420 g/mol. The van der Waals surface area contributed by atoms with Crippen LogP contribution in [-0.2, 0) is 6.18 Å². The number of thioether (sulfide) groups is 1. The van der Waals surface area contributed by atoms with Crippen LogP contribution in [-0.4, -0.2) is 15.3 Å². The molecule has 4 nitrogen and oxygen atoms in total. The number of halogens is 8. The van der Waals surface area contributed by atoms with Crippen LogP contribution >= 0.6 is 35.0 Å². The molecule has 0 fully saturated rings. The summed E-state index contributed by atoms with van der Waals surface area (Å²) in [5.74, 6) is -0.592. The summed E-state index contributed by atoms with van der Waals surface area (Å²) in [6.45, 7) is 0. The van der Waals surface area contributed by atoms with E-state index in [1.165, 1.54) is 6.07 Å². The van der Waals surface area contributed by atoms with Gasteiger partial charge in [0.1, 0.15) is 11.9 Å². The molecule has 0 aliphatic rings. The van der Waals surface area contributed by atoms with Gasteiger partial charge >= 0.3 is 11.7 Å². The molecular weight excluding hydrogens is 417 g/mol. The Labute approximate surface area is 150 Å². The maximum Gasteiger partial charge on any atom is 0.446 e. The van der Waals surface area contributed by atoms with Gasteiger partial charge in [0.15, 0.2) is 5.69 Å². The number of nitrogens with two attached hydrogens (primary N) is 1. The minimum absolute atomic E-state index is 0.231. The highest BCUT2D eigenvalue weighted by atomic mass is 35.5. The molecule has 0 radical (unpaired) electrons. The molecule has 1 aromatic carbocycles. The van der Waals surface area contributed by atoms with E-state index < -0.39 is 55.5 Å². The number of rotatable bonds is 2. The number of benzene rings is 1. The maximum absolute atomic E-state index is 12.8. The first-order valence-corrected chi connectivity index (χ1v) is 7.53. The van der Waals surface area contributed by atoms with Crippen molar-refractivity contribution >= 4 is 40.8 Å². The zero-order valence-electron chi connectivity index (χ0n) is 11.5. The van der Waals surface area contributed by atoms with Crippen molar-refractivity contribution in [1.82, 2.24) is 9.78 Å². The molecule has 0 bridgehead atoms. The lowest BCUT2D eigenvalue weighted by Crippen LogP contribution is -2.09. The van der Waals surface area contributed by atoms with E-state index >= 15 is 0 Å². The molecule has 0 spiro atoms. The fourth-order valence-corrected chi connectivity index (χ4v) is 3.15. The third-order valence-corrected chi connectivity index (χ3v) is 4.19. The first-order chi connectivity index (χ1) is 11.3. The standard InChI is InChI=1S/C12H4Cl2F6N4S/c13-5-1-4(2-6(14)8(5)11(15,16)17)24-10(22)9(7(3-21)23-24)25-12(18,19)20/h1-2H,22H2. The van der Waals surface area contributed by atoms with Crippen molar-refractivity contribution in [3.8, 4) is 11.8 Å². The molecule has 0 atom stereocenters. The van der Waals surface area contributed by atoms with Crippen LogP contribution in [0, 0.1) is 11.3 Å². The number of anilines is 1. The van der Waals surface area contributed by atoms with E-state index in [9.17, 15) is 26.3 Å². The van der Waals surface area contributed by atoms with Crippen molar-refractivity contribution in [3.63, 3.8) is 0 Å². The molecular formula is C12H4Cl2F6N4S. The average molecular weight is 421 g/mol. The van der Waals surface area contributed by atoms with Crippen LogP contribution < -0.4 is 5.73 Å². The highest BCUT2D eigenvalue weighted by Gasteiger charge is 2.37. The number of hydrogen-bond acceptors (Lipinski definition) is 4. The Bertz CT molecular complexity index is 845. The fourth-order valence-electron chi connectivity index (χ4n) is 1.86. The van der Waals surface area contributed by atoms with Gasteiger partial charge in [0.05, 0.1) is 26.2 Å². The summed E-state index contributed by atoms with van der Waals surface area (Å²) in [7, 11) is 0. The second kappa shape index (κ2) is 6.51. The Morgan fingerprint density at radius 2 is 1.64 bits per heavy atom. The average Bonchev–Trinajstić information content (AvgIpc) is 2.71. The molecule has 134 valence electrons. The van der Waals surface area contributed by atoms with Gasteiger partial charge in [0.25, 0.3) is 0 Å². The number of nitrogen functional groups attached to an aromatic ring is 1. The van der Waals surface area contributed by atoms with Crippen LogP contribution in [0.3, 0.4) is 0 Å². The molecule has 0 aliphatic heterocycles. The largest absolute Gasteiger partial charge is 0.446 e. The van der Waals surface area contributed by atoms with Gasteiger partial charge in [-0.2, -0.15) is 36.7 Å². The first kappa shape index (κ1) is 19.6. The van der Waals surface area contributed by atoms with Gasteiger partial charge in [-0.25, -0.2) is 4.68 Å². The van der Waals surface area contributed by atoms with Crippen LogP contribution in [0.4, 0.5) is 32.2 Å². The predicted octanol–water partition coefficient (Wildman–Crippen LogP) is 5.26. The molecule has 0 unspecified atom stereocenters. The van der Waals surface area contributed by atoms with Gasteiger partial charge in [-0.1, -0.05) is 23.2 Å². The number of nitriles is 1. The summed E-state index contributed by atoms with van der Waals surface area (Å²) in [4.78, 5) is -0.679. The van der Waals surface area contributed by atoms with Crippen molar-refractivity contribution in [2.75, 3.05) is 5.73 Å². The van der Waals surface area contributed by atoms with Gasteiger partial charge < -0.3 is 5.73 Å². The van der Waals surface area contributed by atoms with E-state index in [1.54, 1.807) is 0 Å². The molecule has 0 aliphatic carbocycles. The number of hydrogen-bond donors (Lipinski definition) is 1. The summed E-state index contributed by atoms with van der Waals surface area (Å²) < 4.78 is 76.9. The fraction of sp³-hybridized carbons (Fsp3) is 0.167. The maximum atomic E-state index is 12.8. The quantitative estimate of drug-likeness (QED) is 0.531. The smallest absolute Gasteiger partial charge is 0.383 e. The summed E-state index contributed by atoms with van der Waals surface area (Å²) in [5.41, 5.74) is -1.37. The van der Waals surface area contributed by atoms with E-state index in [1.807, 2.05) is 0 Å². The molecule has 1 aromatic heterocycles. The van der Waals surface area contributed by atoms with Crippen LogP contribution in [0.25, 0.3) is 5.69 Å². The Balaban J connectivity index is 2.63. The van der Waals surface area contributed by atoms with Gasteiger partial charge in [-0.15, -0.1) is 0 Å². The molecule has 0 saturated heterocycles. The topological polar surface area (TPSA) is 67.6 Å². The van der Waals surface area contributed by atoms with Gasteiger partial charge in [0.2, 0.25) is 0 Å². The zero-order valence-corrected chi connectivity index (χ0v) is 13.8. The summed E-state index contributed by atoms with van der Waals surface area (Å²) in [5, 5.41) is 10.9. The van der Waals surface area contributed by atoms with E-state index in [0.29, 0.717) is 4.68 Å². The van der Waals surface area contributed by atoms with Crippen LogP contribution in [0.5, 0.6) is 0 Å². The van der Waals surface area contributed by atoms with Crippen molar-refractivity contribution in [3.05, 3.63) is 33.4 Å². The number of aromatic nitrogens is 2. The minimum Gasteiger partial charge on any atom is -0.383 e. The van der Waals surface area contributed by atoms with Crippen molar-refractivity contribution in [1.29, 1.82) is 5.26 Å². The molecule has 0 saturated carbocycles. The van der Waals surface area contributed by atoms with Gasteiger partial charge in [0, 0.05) is 0 Å². The zero-order chi connectivity index (χ0) is 19.2. The lowest BCUT2D eigenvalue weighted by Gasteiger charge is -2.13. The van der Waals surface area contributed by atoms with Crippen molar-refractivity contribution < 1.29 is 26.3 Å². The van der Waals surface area contributed by atoms with Crippen LogP contribution in [0.15, 0.2) is 17.0 Å². The summed E-state index contributed by atoms with van der Waals surface area (Å²) >= 11 is 10.5. The molecule has 25 heavy (non-hydrogen) atoms. The second-order valence-electron chi connectivity index (χ2n) is 4.42. The third-order valence-electron chi connectivity index (χ3n) is 2.75. The Kier molecular flexibility index (Phi) is 5.09. The van der Waals surface area contributed by atoms with Gasteiger partial charge in [-0.05, 0) is 23.9 Å². The molecule has 2 rings (SSSR count). The predicted molar refractivity (Wildman–Crippen MR) is 79.6 cm³/mol. The SMILES string of the molecule is N#Cc1nn(-c2cc(Cl)c(C(F)(F)F)c(Cl)c2)c(N)c1SC(F)(F)F. The number of nitrogens with zero attached hydrogens (tertiary/aromatic N) is 3. The van der Waals surface area contributed by atoms with E-state index in [-0.39, 0.29) is 5.69 Å². The lowest BCUT2D eigenvalue weighted by atomic mass is 10.2. The first-order valence-electron chi connectivity index (χ1n) is 5.96. The van der Waals surface area contributed by atoms with Crippen LogP contribution in [0.1, 0.15) is 11.3 Å². The number of alkyl halides is 6. The normalized spacial score (nSPS) is 12.3. The van der Waals surface area contributed by atoms with Crippen LogP contribution in [0.2, 0.25) is 10.0 Å². The van der Waals surface area contributed by atoms with Gasteiger partial charge in [-0.3, -0.25) is 0 Å². The van der Waals surface area contributed by atoms with E-state index in [4.69, 9.17) is 34.2 Å². The minimum atomic E-state index is -4.84. The Morgan fingerprint density at radius 3 is 2.04 bits per heavy atom. The Morgan fingerprint density at radius 1 is 1.12 bits per heavy atom. The van der Waals surface area contributed by atoms with Crippen molar-refractivity contribution in [2.45, 2.75) is 16.6 Å².